The van der Waals surface area contributed by atoms with Crippen LogP contribution < -0.4 is 14.2 Å². The number of hydrogen-bond acceptors (Lipinski definition) is 6. The van der Waals surface area contributed by atoms with Crippen LogP contribution in [0.2, 0.25) is 0 Å². The molecule has 1 aromatic heterocycles. The van der Waals surface area contributed by atoms with Crippen LogP contribution in [0.3, 0.4) is 0 Å². The molecule has 0 aliphatic carbocycles. The molecular weight excluding hydrogens is 344 g/mol. The maximum absolute atomic E-state index is 5.79. The van der Waals surface area contributed by atoms with E-state index in [4.69, 9.17) is 18.7 Å². The van der Waals surface area contributed by atoms with Gasteiger partial charge in [0.2, 0.25) is 5.82 Å². The Balaban J connectivity index is 1.49. The Morgan fingerprint density at radius 1 is 0.852 bits per heavy atom. The fraction of sp³-hybridized carbons (Fsp3) is 0.143. The minimum atomic E-state index is 0.193. The molecule has 0 atom stereocenters. The minimum absolute atomic E-state index is 0.193. The molecule has 27 heavy (non-hydrogen) atoms. The fourth-order valence-electron chi connectivity index (χ4n) is 2.81. The summed E-state index contributed by atoms with van der Waals surface area (Å²) in [6, 6.07) is 19.5. The third kappa shape index (κ3) is 3.55. The van der Waals surface area contributed by atoms with Gasteiger partial charge < -0.3 is 18.7 Å². The van der Waals surface area contributed by atoms with Crippen molar-refractivity contribution in [2.45, 2.75) is 6.61 Å². The standard InChI is InChI=1S/C21H18N2O4/c1-24-18-10-8-16(12-19(18)25-2)21-22-20(27-23-21)13-26-17-9-7-14-5-3-4-6-15(14)11-17/h3-12H,13H2,1-2H3. The Bertz CT molecular complexity index is 1070. The van der Waals surface area contributed by atoms with Gasteiger partial charge in [0.1, 0.15) is 5.75 Å². The first-order valence-electron chi connectivity index (χ1n) is 8.43. The van der Waals surface area contributed by atoms with Gasteiger partial charge in [-0.05, 0) is 41.1 Å². The lowest BCUT2D eigenvalue weighted by molar-refractivity contribution is 0.243. The quantitative estimate of drug-likeness (QED) is 0.504. The Morgan fingerprint density at radius 3 is 2.48 bits per heavy atom. The molecule has 136 valence electrons. The number of rotatable bonds is 6. The monoisotopic (exact) mass is 362 g/mol. The molecule has 0 bridgehead atoms. The molecule has 6 heteroatoms. The van der Waals surface area contributed by atoms with Crippen molar-refractivity contribution in [1.82, 2.24) is 10.1 Å². The van der Waals surface area contributed by atoms with Gasteiger partial charge in [-0.1, -0.05) is 35.5 Å². The van der Waals surface area contributed by atoms with Crippen molar-refractivity contribution < 1.29 is 18.7 Å². The number of benzene rings is 3. The van der Waals surface area contributed by atoms with Crippen LogP contribution in [0, 0.1) is 0 Å². The largest absolute Gasteiger partial charge is 0.493 e. The Hall–Kier alpha value is -3.54. The van der Waals surface area contributed by atoms with E-state index in [0.29, 0.717) is 23.2 Å². The molecule has 0 unspecified atom stereocenters. The number of aromatic nitrogens is 2. The van der Waals surface area contributed by atoms with Gasteiger partial charge in [0.25, 0.3) is 5.89 Å². The van der Waals surface area contributed by atoms with Crippen LogP contribution in [0.15, 0.2) is 65.2 Å². The summed E-state index contributed by atoms with van der Waals surface area (Å²) in [7, 11) is 3.18. The summed E-state index contributed by atoms with van der Waals surface area (Å²) in [4.78, 5) is 4.39. The van der Waals surface area contributed by atoms with Crippen molar-refractivity contribution in [3.63, 3.8) is 0 Å². The molecule has 4 aromatic rings. The van der Waals surface area contributed by atoms with Gasteiger partial charge in [-0.3, -0.25) is 0 Å². The van der Waals surface area contributed by atoms with Gasteiger partial charge in [0.05, 0.1) is 14.2 Å². The molecule has 0 saturated carbocycles. The molecule has 0 aliphatic heterocycles. The van der Waals surface area contributed by atoms with Gasteiger partial charge in [-0.15, -0.1) is 0 Å². The van der Waals surface area contributed by atoms with Crippen LogP contribution in [0.1, 0.15) is 5.89 Å². The smallest absolute Gasteiger partial charge is 0.264 e. The van der Waals surface area contributed by atoms with Gasteiger partial charge in [-0.25, -0.2) is 0 Å². The van der Waals surface area contributed by atoms with Crippen molar-refractivity contribution in [2.24, 2.45) is 0 Å². The summed E-state index contributed by atoms with van der Waals surface area (Å²) in [5, 5.41) is 6.30. The van der Waals surface area contributed by atoms with E-state index in [-0.39, 0.29) is 6.61 Å². The van der Waals surface area contributed by atoms with Crippen LogP contribution in [-0.4, -0.2) is 24.4 Å². The zero-order valence-corrected chi connectivity index (χ0v) is 15.0. The molecule has 0 N–H and O–H groups in total. The minimum Gasteiger partial charge on any atom is -0.493 e. The summed E-state index contributed by atoms with van der Waals surface area (Å²) in [6.07, 6.45) is 0. The molecule has 6 nitrogen and oxygen atoms in total. The maximum atomic E-state index is 5.79. The third-order valence-electron chi connectivity index (χ3n) is 4.19. The van der Waals surface area contributed by atoms with Crippen LogP contribution in [0.25, 0.3) is 22.2 Å². The van der Waals surface area contributed by atoms with Crippen LogP contribution >= 0.6 is 0 Å². The Labute approximate surface area is 156 Å². The first-order valence-corrected chi connectivity index (χ1v) is 8.43. The highest BCUT2D eigenvalue weighted by Crippen LogP contribution is 2.31. The molecule has 0 fully saturated rings. The Kier molecular flexibility index (Phi) is 4.61. The first kappa shape index (κ1) is 16.9. The summed E-state index contributed by atoms with van der Waals surface area (Å²) in [5.74, 6) is 2.86. The second-order valence-electron chi connectivity index (χ2n) is 5.88. The second kappa shape index (κ2) is 7.37. The van der Waals surface area contributed by atoms with Gasteiger partial charge in [0, 0.05) is 5.56 Å². The van der Waals surface area contributed by atoms with Crippen molar-refractivity contribution >= 4 is 10.8 Å². The van der Waals surface area contributed by atoms with Crippen molar-refractivity contribution in [1.29, 1.82) is 0 Å². The number of hydrogen-bond donors (Lipinski definition) is 0. The van der Waals surface area contributed by atoms with E-state index in [9.17, 15) is 0 Å². The fourth-order valence-corrected chi connectivity index (χ4v) is 2.81. The topological polar surface area (TPSA) is 66.6 Å². The van der Waals surface area contributed by atoms with E-state index in [1.165, 1.54) is 5.39 Å². The molecule has 0 amide bonds. The van der Waals surface area contributed by atoms with Crippen molar-refractivity contribution in [2.75, 3.05) is 14.2 Å². The lowest BCUT2D eigenvalue weighted by Crippen LogP contribution is -1.96. The normalized spacial score (nSPS) is 10.7. The molecule has 0 aliphatic rings. The van der Waals surface area contributed by atoms with Crippen LogP contribution in [0.5, 0.6) is 17.2 Å². The van der Waals surface area contributed by atoms with Gasteiger partial charge in [-0.2, -0.15) is 4.98 Å². The predicted octanol–water partition coefficient (Wildman–Crippen LogP) is 4.49. The Morgan fingerprint density at radius 2 is 1.67 bits per heavy atom. The van der Waals surface area contributed by atoms with Gasteiger partial charge in [0.15, 0.2) is 18.1 Å². The number of ether oxygens (including phenoxy) is 3. The average Bonchev–Trinajstić information content (AvgIpc) is 3.20. The predicted molar refractivity (Wildman–Crippen MR) is 101 cm³/mol. The van der Waals surface area contributed by atoms with E-state index in [0.717, 1.165) is 16.7 Å². The molecule has 4 rings (SSSR count). The van der Waals surface area contributed by atoms with Crippen molar-refractivity contribution in [3.8, 4) is 28.6 Å². The lowest BCUT2D eigenvalue weighted by Gasteiger charge is -2.07. The summed E-state index contributed by atoms with van der Waals surface area (Å²) >= 11 is 0. The number of nitrogens with zero attached hydrogens (tertiary/aromatic N) is 2. The van der Waals surface area contributed by atoms with E-state index >= 15 is 0 Å². The van der Waals surface area contributed by atoms with E-state index in [1.807, 2.05) is 42.5 Å². The maximum Gasteiger partial charge on any atom is 0.264 e. The van der Waals surface area contributed by atoms with E-state index in [2.05, 4.69) is 16.2 Å². The van der Waals surface area contributed by atoms with E-state index in [1.54, 1.807) is 26.4 Å². The molecule has 0 spiro atoms. The number of fused-ring (bicyclic) bond motifs is 1. The SMILES string of the molecule is COc1ccc(-c2noc(COc3ccc4ccccc4c3)n2)cc1OC. The molecular formula is C21H18N2O4. The summed E-state index contributed by atoms with van der Waals surface area (Å²) in [6.45, 7) is 0.193. The van der Waals surface area contributed by atoms with Crippen molar-refractivity contribution in [3.05, 3.63) is 66.6 Å². The lowest BCUT2D eigenvalue weighted by atomic mass is 10.1. The highest BCUT2D eigenvalue weighted by Gasteiger charge is 2.12. The second-order valence-corrected chi connectivity index (χ2v) is 5.88. The van der Waals surface area contributed by atoms with E-state index < -0.39 is 0 Å². The van der Waals surface area contributed by atoms with Crippen LogP contribution in [0.4, 0.5) is 0 Å². The molecule has 0 radical (unpaired) electrons. The van der Waals surface area contributed by atoms with Gasteiger partial charge >= 0.3 is 0 Å². The number of methoxy groups -OCH3 is 2. The van der Waals surface area contributed by atoms with Crippen LogP contribution in [-0.2, 0) is 6.61 Å². The summed E-state index contributed by atoms with van der Waals surface area (Å²) in [5.41, 5.74) is 0.772. The molecule has 0 saturated heterocycles. The molecule has 3 aromatic carbocycles. The highest BCUT2D eigenvalue weighted by molar-refractivity contribution is 5.83. The first-order chi connectivity index (χ1) is 13.3. The highest BCUT2D eigenvalue weighted by atomic mass is 16.5. The third-order valence-corrected chi connectivity index (χ3v) is 4.19. The molecule has 1 heterocycles. The zero-order chi connectivity index (χ0) is 18.6. The average molecular weight is 362 g/mol. The zero-order valence-electron chi connectivity index (χ0n) is 15.0. The summed E-state index contributed by atoms with van der Waals surface area (Å²) < 4.78 is 21.6.